The summed E-state index contributed by atoms with van der Waals surface area (Å²) in [4.78, 5) is 0. The Kier molecular flexibility index (Phi) is 12.6. The number of hydrogen-bond donors (Lipinski definition) is 0. The summed E-state index contributed by atoms with van der Waals surface area (Å²) in [5.74, 6) is 2.59. The molecule has 0 radical (unpaired) electrons. The van der Waals surface area contributed by atoms with Gasteiger partial charge in [0, 0.05) is 0 Å². The van der Waals surface area contributed by atoms with Gasteiger partial charge < -0.3 is 0 Å². The Balaban J connectivity index is 4.50. The molecular formula is C19H38. The van der Waals surface area contributed by atoms with Crippen LogP contribution in [0, 0.1) is 17.8 Å². The van der Waals surface area contributed by atoms with E-state index in [0.29, 0.717) is 0 Å². The van der Waals surface area contributed by atoms with E-state index in [-0.39, 0.29) is 0 Å². The van der Waals surface area contributed by atoms with E-state index in [4.69, 9.17) is 0 Å². The second-order valence-electron chi connectivity index (χ2n) is 6.19. The molecular weight excluding hydrogens is 228 g/mol. The average Bonchev–Trinajstić information content (AvgIpc) is 2.43. The Morgan fingerprint density at radius 1 is 0.842 bits per heavy atom. The minimum atomic E-state index is 0.813. The van der Waals surface area contributed by atoms with Gasteiger partial charge in [-0.1, -0.05) is 91.7 Å². The lowest BCUT2D eigenvalue weighted by molar-refractivity contribution is 0.244. The molecule has 0 heteroatoms. The maximum atomic E-state index is 2.54. The molecule has 3 atom stereocenters. The molecule has 0 saturated heterocycles. The fourth-order valence-electron chi connectivity index (χ4n) is 3.07. The molecule has 0 aliphatic carbocycles. The topological polar surface area (TPSA) is 0 Å². The fourth-order valence-corrected chi connectivity index (χ4v) is 3.07. The third-order valence-corrected chi connectivity index (χ3v) is 4.60. The highest BCUT2D eigenvalue weighted by molar-refractivity contribution is 4.92. The first kappa shape index (κ1) is 18.7. The molecule has 0 N–H and O–H groups in total. The van der Waals surface area contributed by atoms with Gasteiger partial charge >= 0.3 is 0 Å². The van der Waals surface area contributed by atoms with Crippen molar-refractivity contribution in [3.05, 3.63) is 12.2 Å². The highest BCUT2D eigenvalue weighted by atomic mass is 14.3. The van der Waals surface area contributed by atoms with Crippen molar-refractivity contribution in [1.29, 1.82) is 0 Å². The summed E-state index contributed by atoms with van der Waals surface area (Å²) in [7, 11) is 0. The van der Waals surface area contributed by atoms with Crippen molar-refractivity contribution in [3.8, 4) is 0 Å². The third-order valence-electron chi connectivity index (χ3n) is 4.60. The van der Waals surface area contributed by atoms with Crippen LogP contribution in [0.5, 0.6) is 0 Å². The highest BCUT2D eigenvalue weighted by Crippen LogP contribution is 2.32. The zero-order valence-corrected chi connectivity index (χ0v) is 14.3. The molecule has 0 nitrogen and oxygen atoms in total. The molecule has 0 bridgehead atoms. The van der Waals surface area contributed by atoms with E-state index in [2.05, 4.69) is 46.8 Å². The molecule has 0 spiro atoms. The van der Waals surface area contributed by atoms with Gasteiger partial charge in [0.1, 0.15) is 0 Å². The Morgan fingerprint density at radius 3 is 2.00 bits per heavy atom. The molecule has 0 aromatic carbocycles. The normalized spacial score (nSPS) is 16.7. The zero-order valence-electron chi connectivity index (χ0n) is 14.3. The van der Waals surface area contributed by atoms with Crippen LogP contribution in [0.2, 0.25) is 0 Å². The first-order valence-electron chi connectivity index (χ1n) is 8.87. The van der Waals surface area contributed by atoms with Crippen LogP contribution in [0.1, 0.15) is 92.4 Å². The number of unbranched alkanes of at least 4 members (excludes halogenated alkanes) is 3. The summed E-state index contributed by atoms with van der Waals surface area (Å²) in [6.45, 7) is 11.8. The number of hydrogen-bond acceptors (Lipinski definition) is 0. The van der Waals surface area contributed by atoms with Crippen molar-refractivity contribution < 1.29 is 0 Å². The summed E-state index contributed by atoms with van der Waals surface area (Å²) < 4.78 is 0. The first-order valence-corrected chi connectivity index (χ1v) is 8.87. The Morgan fingerprint density at radius 2 is 1.47 bits per heavy atom. The van der Waals surface area contributed by atoms with E-state index >= 15 is 0 Å². The van der Waals surface area contributed by atoms with Gasteiger partial charge in [0.15, 0.2) is 0 Å². The van der Waals surface area contributed by atoms with Crippen molar-refractivity contribution in [2.24, 2.45) is 17.8 Å². The lowest BCUT2D eigenvalue weighted by Gasteiger charge is -2.29. The van der Waals surface area contributed by atoms with E-state index in [1.807, 2.05) is 0 Å². The molecule has 0 aromatic heterocycles. The summed E-state index contributed by atoms with van der Waals surface area (Å²) in [5, 5.41) is 0. The molecule has 0 rings (SSSR count). The van der Waals surface area contributed by atoms with Gasteiger partial charge in [0.05, 0.1) is 0 Å². The average molecular weight is 267 g/mol. The van der Waals surface area contributed by atoms with Crippen LogP contribution in [-0.4, -0.2) is 0 Å². The molecule has 0 saturated carbocycles. The van der Waals surface area contributed by atoms with Crippen LogP contribution < -0.4 is 0 Å². The van der Waals surface area contributed by atoms with Crippen LogP contribution in [0.25, 0.3) is 0 Å². The quantitative estimate of drug-likeness (QED) is 0.333. The van der Waals surface area contributed by atoms with E-state index in [1.165, 1.54) is 57.8 Å². The second kappa shape index (κ2) is 12.8. The van der Waals surface area contributed by atoms with Gasteiger partial charge in [-0.2, -0.15) is 0 Å². The van der Waals surface area contributed by atoms with Crippen LogP contribution in [0.3, 0.4) is 0 Å². The van der Waals surface area contributed by atoms with Crippen LogP contribution in [-0.2, 0) is 0 Å². The van der Waals surface area contributed by atoms with Crippen LogP contribution in [0.4, 0.5) is 0 Å². The van der Waals surface area contributed by atoms with Crippen molar-refractivity contribution in [2.75, 3.05) is 0 Å². The molecule has 0 fully saturated rings. The molecule has 19 heavy (non-hydrogen) atoms. The minimum Gasteiger partial charge on any atom is -0.0883 e. The van der Waals surface area contributed by atoms with Crippen molar-refractivity contribution in [3.63, 3.8) is 0 Å². The molecule has 0 aliphatic heterocycles. The molecule has 0 heterocycles. The lowest BCUT2D eigenvalue weighted by atomic mass is 9.76. The molecule has 0 aromatic rings. The van der Waals surface area contributed by atoms with Gasteiger partial charge in [-0.25, -0.2) is 0 Å². The molecule has 114 valence electrons. The summed E-state index contributed by atoms with van der Waals surface area (Å²) in [5.41, 5.74) is 0. The largest absolute Gasteiger partial charge is 0.0883 e. The summed E-state index contributed by atoms with van der Waals surface area (Å²) in [6, 6.07) is 0. The van der Waals surface area contributed by atoms with E-state index in [9.17, 15) is 0 Å². The predicted molar refractivity (Wildman–Crippen MR) is 89.5 cm³/mol. The van der Waals surface area contributed by atoms with Crippen molar-refractivity contribution in [1.82, 2.24) is 0 Å². The predicted octanol–water partition coefficient (Wildman–Crippen LogP) is 7.00. The van der Waals surface area contributed by atoms with Crippen molar-refractivity contribution in [2.45, 2.75) is 92.4 Å². The van der Waals surface area contributed by atoms with E-state index in [0.717, 1.165) is 17.8 Å². The molecule has 0 amide bonds. The Labute approximate surface area is 123 Å². The zero-order chi connectivity index (χ0) is 14.5. The third kappa shape index (κ3) is 8.50. The molecule has 3 unspecified atom stereocenters. The number of rotatable bonds is 12. The second-order valence-corrected chi connectivity index (χ2v) is 6.19. The van der Waals surface area contributed by atoms with Gasteiger partial charge in [-0.3, -0.25) is 0 Å². The Bertz CT molecular complexity index is 204. The SMILES string of the molecule is CCCC=CC(CCCC)C(C)C(CC)CCCC. The number of allylic oxidation sites excluding steroid dienone is 2. The van der Waals surface area contributed by atoms with Gasteiger partial charge in [-0.05, 0) is 30.6 Å². The van der Waals surface area contributed by atoms with Crippen LogP contribution in [0.15, 0.2) is 12.2 Å². The highest BCUT2D eigenvalue weighted by Gasteiger charge is 2.21. The maximum absolute atomic E-state index is 2.54. The van der Waals surface area contributed by atoms with E-state index in [1.54, 1.807) is 0 Å². The smallest absolute Gasteiger partial charge is 0.0205 e. The van der Waals surface area contributed by atoms with Gasteiger partial charge in [0.2, 0.25) is 0 Å². The molecule has 0 aliphatic rings. The van der Waals surface area contributed by atoms with E-state index < -0.39 is 0 Å². The minimum absolute atomic E-state index is 0.813. The summed E-state index contributed by atoms with van der Waals surface area (Å²) >= 11 is 0. The Hall–Kier alpha value is -0.260. The fraction of sp³-hybridized carbons (Fsp3) is 0.895. The monoisotopic (exact) mass is 266 g/mol. The summed E-state index contributed by atoms with van der Waals surface area (Å²) in [6.07, 6.45) is 17.1. The van der Waals surface area contributed by atoms with Crippen LogP contribution >= 0.6 is 0 Å². The lowest BCUT2D eigenvalue weighted by Crippen LogP contribution is -2.19. The standard InChI is InChI=1S/C19H38/c1-6-10-13-16-19(15-12-8-3)17(5)18(9-4)14-11-7-2/h13,16-19H,6-12,14-15H2,1-5H3. The van der Waals surface area contributed by atoms with Gasteiger partial charge in [0.25, 0.3) is 0 Å². The maximum Gasteiger partial charge on any atom is -0.0205 e. The van der Waals surface area contributed by atoms with Crippen molar-refractivity contribution >= 4 is 0 Å². The van der Waals surface area contributed by atoms with Gasteiger partial charge in [-0.15, -0.1) is 0 Å². The first-order chi connectivity index (χ1) is 9.21.